The van der Waals surface area contributed by atoms with Crippen LogP contribution in [0.2, 0.25) is 5.02 Å². The second-order valence-corrected chi connectivity index (χ2v) is 12.7. The van der Waals surface area contributed by atoms with Gasteiger partial charge in [0.1, 0.15) is 0 Å². The number of benzene rings is 3. The van der Waals surface area contributed by atoms with Crippen molar-refractivity contribution in [1.82, 2.24) is 19.7 Å². The van der Waals surface area contributed by atoms with Crippen LogP contribution in [0, 0.1) is 0 Å². The van der Waals surface area contributed by atoms with Crippen LogP contribution in [0.4, 0.5) is 0 Å². The third kappa shape index (κ3) is 5.87. The van der Waals surface area contributed by atoms with Gasteiger partial charge in [-0.25, -0.2) is 4.98 Å². The summed E-state index contributed by atoms with van der Waals surface area (Å²) in [4.78, 5) is 17.7. The van der Waals surface area contributed by atoms with Gasteiger partial charge in [-0.1, -0.05) is 54.1 Å². The first-order valence-corrected chi connectivity index (χ1v) is 15.9. The summed E-state index contributed by atoms with van der Waals surface area (Å²) in [5, 5.41) is 10.7. The van der Waals surface area contributed by atoms with E-state index in [0.29, 0.717) is 29.5 Å². The average molecular weight is 633 g/mol. The van der Waals surface area contributed by atoms with E-state index in [0.717, 1.165) is 43.9 Å². The maximum absolute atomic E-state index is 12.1. The van der Waals surface area contributed by atoms with Crippen LogP contribution in [0.5, 0.6) is 11.5 Å². The van der Waals surface area contributed by atoms with Crippen LogP contribution >= 0.6 is 34.7 Å². The zero-order valence-electron chi connectivity index (χ0n) is 23.8. The van der Waals surface area contributed by atoms with Gasteiger partial charge in [-0.15, -0.1) is 33.3 Å². The molecule has 220 valence electrons. The maximum atomic E-state index is 12.1. The number of ether oxygens (including phenoxy) is 3. The molecule has 1 aliphatic heterocycles. The summed E-state index contributed by atoms with van der Waals surface area (Å²) in [5.74, 6) is 2.60. The van der Waals surface area contributed by atoms with Crippen LogP contribution < -0.4 is 9.47 Å². The zero-order valence-corrected chi connectivity index (χ0v) is 26.2. The normalized spacial score (nSPS) is 15.7. The van der Waals surface area contributed by atoms with Crippen LogP contribution in [0.1, 0.15) is 44.3 Å². The number of para-hydroxylation sites is 1. The fourth-order valence-electron chi connectivity index (χ4n) is 5.29. The molecule has 0 saturated heterocycles. The third-order valence-electron chi connectivity index (χ3n) is 7.12. The molecule has 2 aromatic heterocycles. The molecule has 0 saturated carbocycles. The fourth-order valence-corrected chi connectivity index (χ4v) is 8.05. The maximum Gasteiger partial charge on any atom is 0.311 e. The van der Waals surface area contributed by atoms with Crippen molar-refractivity contribution in [3.63, 3.8) is 0 Å². The second kappa shape index (κ2) is 12.8. The van der Waals surface area contributed by atoms with E-state index in [1.807, 2.05) is 60.7 Å². The van der Waals surface area contributed by atoms with Crippen LogP contribution in [0.25, 0.3) is 17.1 Å². The van der Waals surface area contributed by atoms with Crippen molar-refractivity contribution in [3.05, 3.63) is 105 Å². The lowest BCUT2D eigenvalue weighted by Crippen LogP contribution is -2.07. The second-order valence-electron chi connectivity index (χ2n) is 9.78. The van der Waals surface area contributed by atoms with Gasteiger partial charge in [-0.05, 0) is 36.8 Å². The molecule has 2 unspecified atom stereocenters. The lowest BCUT2D eigenvalue weighted by atomic mass is 10.0. The van der Waals surface area contributed by atoms with E-state index in [1.165, 1.54) is 11.3 Å². The van der Waals surface area contributed by atoms with Gasteiger partial charge in [0.25, 0.3) is 0 Å². The fraction of sp³-hybridized carbons (Fsp3) is 0.250. The summed E-state index contributed by atoms with van der Waals surface area (Å²) >= 11 is 9.91. The first-order valence-electron chi connectivity index (χ1n) is 13.8. The molecule has 2 atom stereocenters. The number of halogens is 1. The largest absolute Gasteiger partial charge is 0.493 e. The van der Waals surface area contributed by atoms with Crippen molar-refractivity contribution in [1.29, 1.82) is 0 Å². The minimum absolute atomic E-state index is 0.154. The SMILES string of the molecule is CCOC(=O)Cc1cnc(CC2SC(c3cccc(OC)c3OC)c3cc(Cl)ccc3-n3c(-c4ccccc4)nnc32)s1. The van der Waals surface area contributed by atoms with Gasteiger partial charge >= 0.3 is 5.97 Å². The highest BCUT2D eigenvalue weighted by molar-refractivity contribution is 8.00. The Hall–Kier alpha value is -3.86. The molecule has 5 aromatic rings. The molecule has 0 bridgehead atoms. The Kier molecular flexibility index (Phi) is 8.69. The minimum atomic E-state index is -0.258. The van der Waals surface area contributed by atoms with Crippen molar-refractivity contribution >= 4 is 40.7 Å². The van der Waals surface area contributed by atoms with Crippen molar-refractivity contribution in [2.75, 3.05) is 20.8 Å². The molecule has 8 nitrogen and oxygen atoms in total. The van der Waals surface area contributed by atoms with Gasteiger partial charge in [0.05, 0.1) is 48.4 Å². The molecule has 11 heteroatoms. The predicted octanol–water partition coefficient (Wildman–Crippen LogP) is 7.29. The topological polar surface area (TPSA) is 88.4 Å². The number of hydrogen-bond acceptors (Lipinski definition) is 9. The molecule has 0 radical (unpaired) electrons. The smallest absolute Gasteiger partial charge is 0.311 e. The minimum Gasteiger partial charge on any atom is -0.493 e. The Morgan fingerprint density at radius 1 is 1.00 bits per heavy atom. The Morgan fingerprint density at radius 3 is 2.60 bits per heavy atom. The summed E-state index contributed by atoms with van der Waals surface area (Å²) in [5.41, 5.74) is 3.86. The first kappa shape index (κ1) is 29.2. The van der Waals surface area contributed by atoms with Crippen molar-refractivity contribution in [2.24, 2.45) is 0 Å². The monoisotopic (exact) mass is 632 g/mol. The summed E-state index contributed by atoms with van der Waals surface area (Å²) < 4.78 is 18.9. The van der Waals surface area contributed by atoms with Crippen LogP contribution in [-0.2, 0) is 22.4 Å². The number of esters is 1. The molecule has 6 rings (SSSR count). The number of aromatic nitrogens is 4. The molecule has 0 aliphatic carbocycles. The van der Waals surface area contributed by atoms with Gasteiger partial charge in [-0.3, -0.25) is 9.36 Å². The highest BCUT2D eigenvalue weighted by atomic mass is 35.5. The average Bonchev–Trinajstić information content (AvgIpc) is 3.63. The summed E-state index contributed by atoms with van der Waals surface area (Å²) in [7, 11) is 3.29. The Morgan fingerprint density at radius 2 is 1.84 bits per heavy atom. The molecule has 43 heavy (non-hydrogen) atoms. The number of hydrogen-bond donors (Lipinski definition) is 0. The van der Waals surface area contributed by atoms with Crippen LogP contribution in [0.3, 0.4) is 0 Å². The van der Waals surface area contributed by atoms with Crippen LogP contribution in [-0.4, -0.2) is 46.5 Å². The van der Waals surface area contributed by atoms with Crippen molar-refractivity contribution < 1.29 is 19.0 Å². The Balaban J connectivity index is 1.51. The van der Waals surface area contributed by atoms with Gasteiger partial charge < -0.3 is 14.2 Å². The van der Waals surface area contributed by atoms with E-state index < -0.39 is 0 Å². The lowest BCUT2D eigenvalue weighted by molar-refractivity contribution is -0.142. The third-order valence-corrected chi connectivity index (χ3v) is 9.86. The lowest BCUT2D eigenvalue weighted by Gasteiger charge is -2.23. The van der Waals surface area contributed by atoms with E-state index in [2.05, 4.69) is 15.6 Å². The number of carbonyl (C=O) groups excluding carboxylic acids is 1. The molecule has 0 amide bonds. The summed E-state index contributed by atoms with van der Waals surface area (Å²) in [6.07, 6.45) is 2.54. The number of rotatable bonds is 9. The van der Waals surface area contributed by atoms with Crippen molar-refractivity contribution in [3.8, 4) is 28.6 Å². The molecule has 3 aromatic carbocycles. The number of methoxy groups -OCH3 is 2. The van der Waals surface area contributed by atoms with Gasteiger partial charge in [0.2, 0.25) is 0 Å². The molecule has 1 aliphatic rings. The number of nitrogens with zero attached hydrogens (tertiary/aromatic N) is 4. The van der Waals surface area contributed by atoms with E-state index in [9.17, 15) is 4.79 Å². The standard InChI is InChI=1S/C32H29ClN4O4S2/c1-4-41-28(38)16-21-18-34-27(42-21)17-26-32-36-35-31(19-9-6-5-7-10-19)37(32)24-14-13-20(33)15-23(24)30(43-26)22-11-8-12-25(39-2)29(22)40-3/h5-15,18,26,30H,4,16-17H2,1-3H3. The highest BCUT2D eigenvalue weighted by Gasteiger charge is 2.36. The number of carbonyl (C=O) groups is 1. The van der Waals surface area contributed by atoms with E-state index in [-0.39, 0.29) is 22.9 Å². The molecule has 0 fully saturated rings. The van der Waals surface area contributed by atoms with Gasteiger partial charge in [0.15, 0.2) is 23.1 Å². The van der Waals surface area contributed by atoms with E-state index in [1.54, 1.807) is 39.1 Å². The predicted molar refractivity (Wildman–Crippen MR) is 170 cm³/mol. The molecule has 0 spiro atoms. The Labute approximate surface area is 263 Å². The number of thioether (sulfide) groups is 1. The van der Waals surface area contributed by atoms with Crippen molar-refractivity contribution in [2.45, 2.75) is 30.3 Å². The van der Waals surface area contributed by atoms with Gasteiger partial charge in [0, 0.05) is 33.6 Å². The summed E-state index contributed by atoms with van der Waals surface area (Å²) in [6.45, 7) is 2.15. The van der Waals surface area contributed by atoms with Gasteiger partial charge in [-0.2, -0.15) is 0 Å². The molecular weight excluding hydrogens is 604 g/mol. The van der Waals surface area contributed by atoms with Crippen LogP contribution in [0.15, 0.2) is 72.9 Å². The first-order chi connectivity index (χ1) is 21.0. The quantitative estimate of drug-likeness (QED) is 0.157. The zero-order chi connectivity index (χ0) is 29.9. The summed E-state index contributed by atoms with van der Waals surface area (Å²) in [6, 6.07) is 21.9. The molecular formula is C32H29ClN4O4S2. The van der Waals surface area contributed by atoms with E-state index in [4.69, 9.17) is 36.0 Å². The highest BCUT2D eigenvalue weighted by Crippen LogP contribution is 2.54. The Bertz CT molecular complexity index is 1760. The molecule has 0 N–H and O–H groups in total. The number of thiazole rings is 1. The van der Waals surface area contributed by atoms with E-state index >= 15 is 0 Å². The number of fused-ring (bicyclic) bond motifs is 3. The molecule has 3 heterocycles.